The largest absolute Gasteiger partial charge is 0.331 e. The minimum absolute atomic E-state index is 0.105. The molecule has 0 amide bonds. The van der Waals surface area contributed by atoms with Gasteiger partial charge in [-0.3, -0.25) is 9.78 Å². The molecule has 0 saturated heterocycles. The van der Waals surface area contributed by atoms with Crippen molar-refractivity contribution in [1.29, 1.82) is 0 Å². The first kappa shape index (κ1) is 14.7. The second-order valence-electron chi connectivity index (χ2n) is 6.78. The van der Waals surface area contributed by atoms with Gasteiger partial charge in [0.05, 0.1) is 22.4 Å². The van der Waals surface area contributed by atoms with Crippen LogP contribution in [0.4, 0.5) is 4.39 Å². The number of rotatable bonds is 4. The first-order valence-electron chi connectivity index (χ1n) is 10.4. The summed E-state index contributed by atoms with van der Waals surface area (Å²) in [4.78, 5) is 21.5. The zero-order chi connectivity index (χ0) is 22.4. The molecule has 4 nitrogen and oxygen atoms in total. The van der Waals surface area contributed by atoms with E-state index in [4.69, 9.17) is 4.11 Å². The number of aryl methyl sites for hydroxylation is 1. The summed E-state index contributed by atoms with van der Waals surface area (Å²) in [6.07, 6.45) is 3.33. The highest BCUT2D eigenvalue weighted by Gasteiger charge is 2.11. The fourth-order valence-electron chi connectivity index (χ4n) is 3.09. The van der Waals surface area contributed by atoms with Crippen LogP contribution in [0.3, 0.4) is 0 Å². The molecule has 5 heteroatoms. The van der Waals surface area contributed by atoms with Gasteiger partial charge in [0.25, 0.3) is 0 Å². The summed E-state index contributed by atoms with van der Waals surface area (Å²) < 4.78 is 39.7. The van der Waals surface area contributed by atoms with Crippen molar-refractivity contribution in [3.8, 4) is 11.3 Å². The van der Waals surface area contributed by atoms with Crippen molar-refractivity contribution < 1.29 is 13.3 Å². The lowest BCUT2D eigenvalue weighted by molar-refractivity contribution is 0.0992. The van der Waals surface area contributed by atoms with Crippen LogP contribution in [0.15, 0.2) is 54.8 Å². The topological polar surface area (TPSA) is 47.8 Å². The van der Waals surface area contributed by atoms with E-state index in [9.17, 15) is 9.18 Å². The van der Waals surface area contributed by atoms with E-state index < -0.39 is 23.7 Å². The molecule has 4 aromatic rings. The van der Waals surface area contributed by atoms with Gasteiger partial charge < -0.3 is 4.57 Å². The summed E-state index contributed by atoms with van der Waals surface area (Å²) in [5, 5.41) is 1.80. The predicted octanol–water partition coefficient (Wildman–Crippen LogP) is 4.82. The van der Waals surface area contributed by atoms with Gasteiger partial charge in [-0.15, -0.1) is 0 Å². The van der Waals surface area contributed by atoms with Crippen LogP contribution in [0.2, 0.25) is 0 Å². The fraction of sp³-hybridized carbons (Fsp3) is 0.174. The standard InChI is InChI=1S/C23H20FN3O/c1-14-8-17(6-7-21(14)24)23(28)11-20-10-19-9-16(4-5-18(19)12-26-20)22-13-25-15(2)27(22)3/h4-10,12-13H,11H2,1-3H3/i6D,7D,8D. The molecule has 4 rings (SSSR count). The summed E-state index contributed by atoms with van der Waals surface area (Å²) in [6, 6.07) is 6.15. The molecule has 2 aromatic carbocycles. The lowest BCUT2D eigenvalue weighted by atomic mass is 10.0. The second kappa shape index (κ2) is 7.00. The Labute approximate surface area is 166 Å². The maximum Gasteiger partial charge on any atom is 0.168 e. The third-order valence-corrected chi connectivity index (χ3v) is 4.85. The van der Waals surface area contributed by atoms with Crippen molar-refractivity contribution in [2.75, 3.05) is 0 Å². The fourth-order valence-corrected chi connectivity index (χ4v) is 3.09. The number of hydrogen-bond donors (Lipinski definition) is 0. The van der Waals surface area contributed by atoms with Gasteiger partial charge in [-0.2, -0.15) is 0 Å². The number of benzene rings is 2. The minimum Gasteiger partial charge on any atom is -0.331 e. The number of nitrogens with zero attached hydrogens (tertiary/aromatic N) is 3. The molecule has 28 heavy (non-hydrogen) atoms. The van der Waals surface area contributed by atoms with Crippen LogP contribution < -0.4 is 0 Å². The number of halogens is 1. The molecule has 140 valence electrons. The Morgan fingerprint density at radius 1 is 1.14 bits per heavy atom. The molecule has 0 fully saturated rings. The molecule has 0 unspecified atom stereocenters. The monoisotopic (exact) mass is 376 g/mol. The van der Waals surface area contributed by atoms with Crippen molar-refractivity contribution in [2.45, 2.75) is 20.3 Å². The van der Waals surface area contributed by atoms with E-state index >= 15 is 0 Å². The molecular weight excluding hydrogens is 353 g/mol. The van der Waals surface area contributed by atoms with Crippen LogP contribution >= 0.6 is 0 Å². The van der Waals surface area contributed by atoms with Crippen LogP contribution in [-0.2, 0) is 13.5 Å². The highest BCUT2D eigenvalue weighted by Crippen LogP contribution is 2.25. The van der Waals surface area contributed by atoms with Gasteiger partial charge in [0.1, 0.15) is 11.6 Å². The molecule has 2 heterocycles. The maximum atomic E-state index is 13.9. The second-order valence-corrected chi connectivity index (χ2v) is 6.78. The van der Waals surface area contributed by atoms with Gasteiger partial charge >= 0.3 is 0 Å². The summed E-state index contributed by atoms with van der Waals surface area (Å²) in [6.45, 7) is 3.26. The number of Topliss-reactive ketones (excluding diaryl/α,β-unsaturated/α-hetero) is 1. The maximum absolute atomic E-state index is 13.9. The van der Waals surface area contributed by atoms with Crippen LogP contribution in [0.25, 0.3) is 22.0 Å². The molecule has 2 aromatic heterocycles. The Morgan fingerprint density at radius 3 is 2.71 bits per heavy atom. The average molecular weight is 376 g/mol. The van der Waals surface area contributed by atoms with Crippen molar-refractivity contribution in [3.05, 3.63) is 83.2 Å². The Balaban J connectivity index is 1.71. The van der Waals surface area contributed by atoms with Crippen molar-refractivity contribution in [1.82, 2.24) is 14.5 Å². The molecule has 0 spiro atoms. The number of imidazole rings is 1. The highest BCUT2D eigenvalue weighted by molar-refractivity contribution is 5.98. The molecule has 0 bridgehead atoms. The zero-order valence-electron chi connectivity index (χ0n) is 18.8. The van der Waals surface area contributed by atoms with E-state index in [0.29, 0.717) is 5.69 Å². The highest BCUT2D eigenvalue weighted by atomic mass is 19.1. The van der Waals surface area contributed by atoms with E-state index in [-0.39, 0.29) is 23.6 Å². The Kier molecular flexibility index (Phi) is 3.67. The van der Waals surface area contributed by atoms with E-state index in [2.05, 4.69) is 9.97 Å². The summed E-state index contributed by atoms with van der Waals surface area (Å²) in [7, 11) is 1.95. The lowest BCUT2D eigenvalue weighted by Crippen LogP contribution is -2.06. The normalized spacial score (nSPS) is 12.6. The quantitative estimate of drug-likeness (QED) is 0.480. The van der Waals surface area contributed by atoms with Crippen LogP contribution in [0.5, 0.6) is 0 Å². The first-order chi connectivity index (χ1) is 14.7. The molecule has 0 atom stereocenters. The number of carbonyl (C=O) groups excluding carboxylic acids is 1. The Morgan fingerprint density at radius 2 is 1.96 bits per heavy atom. The first-order valence-corrected chi connectivity index (χ1v) is 8.85. The summed E-state index contributed by atoms with van der Waals surface area (Å²) in [5.74, 6) is -0.568. The van der Waals surface area contributed by atoms with Gasteiger partial charge in [0.15, 0.2) is 5.78 Å². The Bertz CT molecular complexity index is 1340. The average Bonchev–Trinajstić information content (AvgIpc) is 3.09. The number of fused-ring (bicyclic) bond motifs is 1. The molecule has 0 aliphatic rings. The Hall–Kier alpha value is -3.34. The lowest BCUT2D eigenvalue weighted by Gasteiger charge is -2.07. The molecular formula is C23H20FN3O. The summed E-state index contributed by atoms with van der Waals surface area (Å²) in [5.41, 5.74) is 2.07. The SMILES string of the molecule is [2H]c1c([2H])c(C(=O)Cc2cc3cc(-c4cnc(C)n4C)ccc3cn2)c([2H])c(C)c1F. The van der Waals surface area contributed by atoms with Crippen molar-refractivity contribution in [2.24, 2.45) is 7.05 Å². The van der Waals surface area contributed by atoms with E-state index in [1.54, 1.807) is 12.3 Å². The van der Waals surface area contributed by atoms with Gasteiger partial charge in [-0.05, 0) is 55.1 Å². The van der Waals surface area contributed by atoms with E-state index in [1.165, 1.54) is 6.92 Å². The minimum atomic E-state index is -0.937. The molecule has 0 radical (unpaired) electrons. The molecule has 0 aliphatic heterocycles. The van der Waals surface area contributed by atoms with Crippen molar-refractivity contribution >= 4 is 16.6 Å². The van der Waals surface area contributed by atoms with Crippen LogP contribution in [0, 0.1) is 19.7 Å². The van der Waals surface area contributed by atoms with Gasteiger partial charge in [-0.25, -0.2) is 9.37 Å². The van der Waals surface area contributed by atoms with Gasteiger partial charge in [0.2, 0.25) is 0 Å². The number of aromatic nitrogens is 3. The summed E-state index contributed by atoms with van der Waals surface area (Å²) >= 11 is 0. The zero-order valence-corrected chi connectivity index (χ0v) is 15.8. The third kappa shape index (κ3) is 3.31. The molecule has 0 saturated carbocycles. The number of carbonyl (C=O) groups is 1. The van der Waals surface area contributed by atoms with Crippen LogP contribution in [0.1, 0.15) is 31.6 Å². The van der Waals surface area contributed by atoms with Gasteiger partial charge in [-0.1, -0.05) is 12.1 Å². The third-order valence-electron chi connectivity index (χ3n) is 4.85. The molecule has 0 N–H and O–H groups in total. The van der Waals surface area contributed by atoms with E-state index in [1.807, 2.05) is 42.9 Å². The smallest absolute Gasteiger partial charge is 0.168 e. The number of hydrogen-bond acceptors (Lipinski definition) is 3. The number of ketones is 1. The van der Waals surface area contributed by atoms with Crippen LogP contribution in [-0.4, -0.2) is 20.3 Å². The molecule has 0 aliphatic carbocycles. The number of pyridine rings is 1. The van der Waals surface area contributed by atoms with E-state index in [0.717, 1.165) is 27.9 Å². The predicted molar refractivity (Wildman–Crippen MR) is 108 cm³/mol. The van der Waals surface area contributed by atoms with Gasteiger partial charge in [0, 0.05) is 35.5 Å². The van der Waals surface area contributed by atoms with Crippen molar-refractivity contribution in [3.63, 3.8) is 0 Å².